The van der Waals surface area contributed by atoms with Crippen molar-refractivity contribution in [2.24, 2.45) is 0 Å². The van der Waals surface area contributed by atoms with Crippen LogP contribution in [0.5, 0.6) is 11.5 Å². The number of nitrogens with zero attached hydrogens (tertiary/aromatic N) is 3. The van der Waals surface area contributed by atoms with Crippen LogP contribution in [0.3, 0.4) is 0 Å². The van der Waals surface area contributed by atoms with Crippen molar-refractivity contribution < 1.29 is 23.2 Å². The molecule has 182 valence electrons. The van der Waals surface area contributed by atoms with E-state index in [1.807, 2.05) is 31.2 Å². The maximum Gasteiger partial charge on any atom is 0.326 e. The van der Waals surface area contributed by atoms with Gasteiger partial charge in [0.05, 0.1) is 31.5 Å². The van der Waals surface area contributed by atoms with E-state index < -0.39 is 11.9 Å². The Kier molecular flexibility index (Phi) is 6.12. The molecule has 0 fully saturated rings. The number of carbonyl (C=O) groups excluding carboxylic acids is 1. The molecule has 4 aromatic rings. The SMILES string of the molecule is COc1ccc(C2NC(=O)N(c3ccc(OC)cc3)C(C)=C2c2nc(-c3cccc(F)c3)no2)cc1. The van der Waals surface area contributed by atoms with Gasteiger partial charge in [0.1, 0.15) is 17.3 Å². The lowest BCUT2D eigenvalue weighted by Crippen LogP contribution is -2.46. The number of hydrogen-bond donors (Lipinski definition) is 1. The normalized spacial score (nSPS) is 15.6. The summed E-state index contributed by atoms with van der Waals surface area (Å²) in [5.41, 5.74) is 3.15. The molecule has 5 rings (SSSR count). The number of carbonyl (C=O) groups is 1. The molecule has 1 atom stereocenters. The predicted molar refractivity (Wildman–Crippen MR) is 132 cm³/mol. The van der Waals surface area contributed by atoms with Crippen LogP contribution in [0.25, 0.3) is 17.0 Å². The number of benzene rings is 3. The minimum absolute atomic E-state index is 0.214. The maximum absolute atomic E-state index is 13.8. The number of amides is 2. The maximum atomic E-state index is 13.8. The number of anilines is 1. The zero-order valence-electron chi connectivity index (χ0n) is 19.9. The molecule has 1 aliphatic heterocycles. The van der Waals surface area contributed by atoms with E-state index >= 15 is 0 Å². The van der Waals surface area contributed by atoms with E-state index in [2.05, 4.69) is 15.5 Å². The van der Waals surface area contributed by atoms with Crippen LogP contribution in [0, 0.1) is 5.82 Å². The smallest absolute Gasteiger partial charge is 0.326 e. The minimum Gasteiger partial charge on any atom is -0.497 e. The van der Waals surface area contributed by atoms with Gasteiger partial charge in [-0.25, -0.2) is 9.18 Å². The minimum atomic E-state index is -0.571. The third-order valence-electron chi connectivity index (χ3n) is 6.00. The third kappa shape index (κ3) is 4.26. The molecule has 1 aliphatic rings. The average molecular weight is 487 g/mol. The molecule has 1 aromatic heterocycles. The number of nitrogens with one attached hydrogen (secondary N) is 1. The standard InChI is InChI=1S/C27H23FN4O4/c1-16-23(26-30-25(31-36-26)18-5-4-6-19(28)15-18)24(17-7-11-21(34-2)12-8-17)29-27(33)32(16)20-9-13-22(35-3)14-10-20/h4-15,24H,1-3H3,(H,29,33). The van der Waals surface area contributed by atoms with Gasteiger partial charge in [0.2, 0.25) is 5.82 Å². The van der Waals surface area contributed by atoms with Crippen LogP contribution in [-0.2, 0) is 0 Å². The largest absolute Gasteiger partial charge is 0.497 e. The van der Waals surface area contributed by atoms with Gasteiger partial charge in [0.15, 0.2) is 0 Å². The Morgan fingerprint density at radius 3 is 2.28 bits per heavy atom. The molecular weight excluding hydrogens is 463 g/mol. The zero-order valence-corrected chi connectivity index (χ0v) is 19.9. The molecule has 0 spiro atoms. The number of halogens is 1. The highest BCUT2D eigenvalue weighted by Gasteiger charge is 2.36. The predicted octanol–water partition coefficient (Wildman–Crippen LogP) is 5.60. The van der Waals surface area contributed by atoms with Gasteiger partial charge >= 0.3 is 6.03 Å². The van der Waals surface area contributed by atoms with E-state index in [1.54, 1.807) is 55.5 Å². The van der Waals surface area contributed by atoms with E-state index in [9.17, 15) is 9.18 Å². The molecule has 1 unspecified atom stereocenters. The molecule has 2 heterocycles. The van der Waals surface area contributed by atoms with Crippen molar-refractivity contribution in [1.29, 1.82) is 0 Å². The Bertz CT molecular complexity index is 1430. The fraction of sp³-hybridized carbons (Fsp3) is 0.148. The zero-order chi connectivity index (χ0) is 25.2. The molecule has 0 radical (unpaired) electrons. The van der Waals surface area contributed by atoms with Crippen LogP contribution in [-0.4, -0.2) is 30.4 Å². The third-order valence-corrected chi connectivity index (χ3v) is 6.00. The summed E-state index contributed by atoms with van der Waals surface area (Å²) in [4.78, 5) is 19.4. The van der Waals surface area contributed by atoms with Gasteiger partial charge in [-0.1, -0.05) is 29.4 Å². The first-order chi connectivity index (χ1) is 17.5. The summed E-state index contributed by atoms with van der Waals surface area (Å²) >= 11 is 0. The van der Waals surface area contributed by atoms with Crippen LogP contribution in [0.15, 0.2) is 83.0 Å². The van der Waals surface area contributed by atoms with Gasteiger partial charge in [-0.15, -0.1) is 0 Å². The number of rotatable bonds is 6. The van der Waals surface area contributed by atoms with E-state index in [-0.39, 0.29) is 17.7 Å². The fourth-order valence-electron chi connectivity index (χ4n) is 4.19. The molecule has 8 nitrogen and oxygen atoms in total. The molecular formula is C27H23FN4O4. The fourth-order valence-corrected chi connectivity index (χ4v) is 4.19. The molecule has 9 heteroatoms. The van der Waals surface area contributed by atoms with Crippen LogP contribution in [0.2, 0.25) is 0 Å². The van der Waals surface area contributed by atoms with Crippen molar-refractivity contribution in [3.63, 3.8) is 0 Å². The Balaban J connectivity index is 1.63. The Morgan fingerprint density at radius 1 is 0.972 bits per heavy atom. The summed E-state index contributed by atoms with van der Waals surface area (Å²) in [6.45, 7) is 1.82. The van der Waals surface area contributed by atoms with Gasteiger partial charge in [-0.05, 0) is 61.0 Å². The molecule has 0 saturated carbocycles. The number of methoxy groups -OCH3 is 2. The highest BCUT2D eigenvalue weighted by Crippen LogP contribution is 2.39. The summed E-state index contributed by atoms with van der Waals surface area (Å²) in [6.07, 6.45) is 0. The Morgan fingerprint density at radius 2 is 1.64 bits per heavy atom. The second-order valence-corrected chi connectivity index (χ2v) is 8.12. The van der Waals surface area contributed by atoms with Crippen LogP contribution in [0.1, 0.15) is 24.4 Å². The van der Waals surface area contributed by atoms with Crippen molar-refractivity contribution in [2.45, 2.75) is 13.0 Å². The first-order valence-corrected chi connectivity index (χ1v) is 11.2. The van der Waals surface area contributed by atoms with Gasteiger partial charge in [-0.3, -0.25) is 4.90 Å². The second kappa shape index (κ2) is 9.53. The topological polar surface area (TPSA) is 89.7 Å². The number of aromatic nitrogens is 2. The summed E-state index contributed by atoms with van der Waals surface area (Å²) in [7, 11) is 3.17. The van der Waals surface area contributed by atoms with E-state index in [4.69, 9.17) is 14.0 Å². The molecule has 0 saturated heterocycles. The quantitative estimate of drug-likeness (QED) is 0.382. The molecule has 36 heavy (non-hydrogen) atoms. The van der Waals surface area contributed by atoms with Crippen LogP contribution < -0.4 is 19.7 Å². The lowest BCUT2D eigenvalue weighted by Gasteiger charge is -2.35. The molecule has 2 amide bonds. The van der Waals surface area contributed by atoms with E-state index in [0.29, 0.717) is 34.0 Å². The molecule has 0 aliphatic carbocycles. The van der Waals surface area contributed by atoms with E-state index in [0.717, 1.165) is 5.56 Å². The lowest BCUT2D eigenvalue weighted by molar-refractivity contribution is 0.244. The van der Waals surface area contributed by atoms with Crippen LogP contribution in [0.4, 0.5) is 14.9 Å². The average Bonchev–Trinajstić information content (AvgIpc) is 3.39. The molecule has 0 bridgehead atoms. The summed E-state index contributed by atoms with van der Waals surface area (Å²) < 4.78 is 30.0. The van der Waals surface area contributed by atoms with E-state index in [1.165, 1.54) is 12.1 Å². The van der Waals surface area contributed by atoms with Crippen molar-refractivity contribution in [2.75, 3.05) is 19.1 Å². The number of ether oxygens (including phenoxy) is 2. The number of urea groups is 1. The molecule has 1 N–H and O–H groups in total. The Labute approximate surface area is 207 Å². The lowest BCUT2D eigenvalue weighted by atomic mass is 9.94. The van der Waals surface area contributed by atoms with Crippen molar-refractivity contribution in [1.82, 2.24) is 15.5 Å². The number of allylic oxidation sites excluding steroid dienone is 1. The first kappa shape index (κ1) is 23.1. The van der Waals surface area contributed by atoms with Crippen molar-refractivity contribution >= 4 is 17.3 Å². The summed E-state index contributed by atoms with van der Waals surface area (Å²) in [5.74, 6) is 1.41. The van der Waals surface area contributed by atoms with Gasteiger partial charge in [-0.2, -0.15) is 4.98 Å². The van der Waals surface area contributed by atoms with Crippen molar-refractivity contribution in [3.05, 3.63) is 95.8 Å². The van der Waals surface area contributed by atoms with Crippen molar-refractivity contribution in [3.8, 4) is 22.9 Å². The van der Waals surface area contributed by atoms with Gasteiger partial charge < -0.3 is 19.3 Å². The number of hydrogen-bond acceptors (Lipinski definition) is 6. The highest BCUT2D eigenvalue weighted by atomic mass is 19.1. The summed E-state index contributed by atoms with van der Waals surface area (Å²) in [6, 6.07) is 19.6. The van der Waals surface area contributed by atoms with Crippen LogP contribution >= 0.6 is 0 Å². The van der Waals surface area contributed by atoms with Gasteiger partial charge in [0.25, 0.3) is 5.89 Å². The highest BCUT2D eigenvalue weighted by molar-refractivity contribution is 6.01. The second-order valence-electron chi connectivity index (χ2n) is 8.12. The van der Waals surface area contributed by atoms with Gasteiger partial charge in [0, 0.05) is 11.3 Å². The monoisotopic (exact) mass is 486 g/mol. The Hall–Kier alpha value is -4.66. The first-order valence-electron chi connectivity index (χ1n) is 11.2. The summed E-state index contributed by atoms with van der Waals surface area (Å²) in [5, 5.41) is 7.13. The molecule has 3 aromatic carbocycles.